The topological polar surface area (TPSA) is 64.6 Å². The number of likely N-dealkylation sites (tertiary alicyclic amines) is 1. The molecule has 0 aromatic heterocycles. The molecule has 1 heterocycles. The molecule has 8 heteroatoms. The van der Waals surface area contributed by atoms with Crippen LogP contribution in [0, 0.1) is 11.8 Å². The summed E-state index contributed by atoms with van der Waals surface area (Å²) in [4.78, 5) is 25.1. The van der Waals surface area contributed by atoms with Crippen LogP contribution in [0.4, 0.5) is 0 Å². The lowest BCUT2D eigenvalue weighted by Gasteiger charge is -2.62. The lowest BCUT2D eigenvalue weighted by molar-refractivity contribution is -0.945. The van der Waals surface area contributed by atoms with E-state index in [1.807, 2.05) is 31.4 Å². The van der Waals surface area contributed by atoms with E-state index in [9.17, 15) is 9.59 Å². The van der Waals surface area contributed by atoms with Crippen LogP contribution in [-0.4, -0.2) is 61.3 Å². The van der Waals surface area contributed by atoms with Gasteiger partial charge in [0, 0.05) is 43.7 Å². The molecule has 2 aliphatic carbocycles. The Labute approximate surface area is 260 Å². The van der Waals surface area contributed by atoms with Crippen LogP contribution in [0.2, 0.25) is 10.0 Å². The summed E-state index contributed by atoms with van der Waals surface area (Å²) in [5.41, 5.74) is 1.23. The SMILES string of the molecule is COC12CC[C@@H](NC(=O)Cc3ccc(Cl)c(Cl)c3)C[C@@]1(c1cccc(OC(C)=O)c1)CC[N@+](CC(C)C)(CC1CC1)C2. The largest absolute Gasteiger partial charge is 0.427 e. The number of quaternary nitrogens is 1. The maximum absolute atomic E-state index is 13.3. The average molecular weight is 617 g/mol. The van der Waals surface area contributed by atoms with Crippen molar-refractivity contribution in [1.29, 1.82) is 0 Å². The molecule has 1 amide bonds. The van der Waals surface area contributed by atoms with Crippen molar-refractivity contribution in [1.82, 2.24) is 5.32 Å². The van der Waals surface area contributed by atoms with Crippen LogP contribution in [0.25, 0.3) is 0 Å². The van der Waals surface area contributed by atoms with Crippen LogP contribution in [-0.2, 0) is 26.2 Å². The van der Waals surface area contributed by atoms with Gasteiger partial charge in [-0.3, -0.25) is 9.59 Å². The number of carbonyl (C=O) groups is 2. The Hall–Kier alpha value is -2.12. The zero-order valence-electron chi connectivity index (χ0n) is 25.4. The molecule has 1 saturated heterocycles. The zero-order chi connectivity index (χ0) is 30.1. The highest BCUT2D eigenvalue weighted by Crippen LogP contribution is 2.56. The van der Waals surface area contributed by atoms with Crippen molar-refractivity contribution < 1.29 is 23.5 Å². The quantitative estimate of drug-likeness (QED) is 0.183. The van der Waals surface area contributed by atoms with Crippen LogP contribution in [0.5, 0.6) is 5.75 Å². The second kappa shape index (κ2) is 12.5. The number of rotatable bonds is 10. The van der Waals surface area contributed by atoms with E-state index < -0.39 is 5.60 Å². The van der Waals surface area contributed by atoms with Gasteiger partial charge in [0.15, 0.2) is 0 Å². The van der Waals surface area contributed by atoms with Gasteiger partial charge in [-0.25, -0.2) is 0 Å². The Morgan fingerprint density at radius 2 is 1.86 bits per heavy atom. The highest BCUT2D eigenvalue weighted by atomic mass is 35.5. The highest BCUT2D eigenvalue weighted by Gasteiger charge is 2.64. The first-order valence-corrected chi connectivity index (χ1v) is 16.2. The minimum Gasteiger partial charge on any atom is -0.427 e. The minimum absolute atomic E-state index is 0.00513. The molecule has 0 radical (unpaired) electrons. The normalized spacial score (nSPS) is 29.2. The predicted molar refractivity (Wildman–Crippen MR) is 167 cm³/mol. The molecule has 0 spiro atoms. The Morgan fingerprint density at radius 3 is 2.52 bits per heavy atom. The standard InChI is InChI=1S/C34H44Cl2N2O4/c1-23(2)20-38(21-25-8-9-25)15-14-33(27-6-5-7-29(18-27)42-24(3)39)19-28(12-13-34(33,22-38)41-4)37-32(40)17-26-10-11-30(35)31(36)16-26/h5-7,10-11,16,18,23,25,28H,8-9,12-15,17,19-22H2,1-4H3/p+1/t28-,33-,34?,38+/m1/s1. The van der Waals surface area contributed by atoms with Gasteiger partial charge in [0.25, 0.3) is 0 Å². The molecule has 42 heavy (non-hydrogen) atoms. The van der Waals surface area contributed by atoms with Gasteiger partial charge in [-0.2, -0.15) is 0 Å². The summed E-state index contributed by atoms with van der Waals surface area (Å²) in [6, 6.07) is 13.3. The number of esters is 1. The maximum Gasteiger partial charge on any atom is 0.308 e. The van der Waals surface area contributed by atoms with Gasteiger partial charge in [0.05, 0.1) is 36.1 Å². The van der Waals surface area contributed by atoms with Crippen molar-refractivity contribution >= 4 is 35.1 Å². The minimum atomic E-state index is -0.394. The third kappa shape index (κ3) is 6.67. The van der Waals surface area contributed by atoms with E-state index in [1.165, 1.54) is 26.3 Å². The van der Waals surface area contributed by atoms with Crippen molar-refractivity contribution in [3.05, 3.63) is 63.6 Å². The second-order valence-corrected chi connectivity index (χ2v) is 14.3. The number of benzene rings is 2. The molecule has 2 aromatic carbocycles. The third-order valence-electron chi connectivity index (χ3n) is 9.81. The van der Waals surface area contributed by atoms with Crippen molar-refractivity contribution in [3.63, 3.8) is 0 Å². The smallest absolute Gasteiger partial charge is 0.308 e. The number of methoxy groups -OCH3 is 1. The summed E-state index contributed by atoms with van der Waals surface area (Å²) in [6.45, 7) is 10.5. The monoisotopic (exact) mass is 615 g/mol. The van der Waals surface area contributed by atoms with E-state index in [0.29, 0.717) is 21.7 Å². The van der Waals surface area contributed by atoms with Crippen molar-refractivity contribution in [2.75, 3.05) is 33.3 Å². The first kappa shape index (κ1) is 31.3. The Morgan fingerprint density at radius 1 is 1.07 bits per heavy atom. The molecule has 3 aliphatic rings. The van der Waals surface area contributed by atoms with Gasteiger partial charge in [0.1, 0.15) is 17.9 Å². The summed E-state index contributed by atoms with van der Waals surface area (Å²) in [7, 11) is 1.88. The first-order chi connectivity index (χ1) is 20.0. The average Bonchev–Trinajstić information content (AvgIpc) is 3.74. The van der Waals surface area contributed by atoms with Crippen LogP contribution < -0.4 is 10.1 Å². The van der Waals surface area contributed by atoms with Crippen molar-refractivity contribution in [2.45, 2.75) is 82.8 Å². The molecule has 2 aromatic rings. The lowest BCUT2D eigenvalue weighted by atomic mass is 9.54. The van der Waals surface area contributed by atoms with Crippen LogP contribution >= 0.6 is 23.2 Å². The number of hydrogen-bond acceptors (Lipinski definition) is 4. The molecule has 2 saturated carbocycles. The van der Waals surface area contributed by atoms with E-state index in [2.05, 4.69) is 25.2 Å². The molecule has 0 bridgehead atoms. The summed E-state index contributed by atoms with van der Waals surface area (Å²) in [5.74, 6) is 1.60. The maximum atomic E-state index is 13.3. The molecule has 6 nitrogen and oxygen atoms in total. The summed E-state index contributed by atoms with van der Waals surface area (Å²) in [6.07, 6.45) is 6.32. The lowest BCUT2D eigenvalue weighted by Crippen LogP contribution is -2.73. The number of piperidine rings is 1. The third-order valence-corrected chi connectivity index (χ3v) is 10.6. The fourth-order valence-corrected chi connectivity index (χ4v) is 8.44. The van der Waals surface area contributed by atoms with Gasteiger partial charge in [-0.1, -0.05) is 55.2 Å². The highest BCUT2D eigenvalue weighted by molar-refractivity contribution is 6.42. The summed E-state index contributed by atoms with van der Waals surface area (Å²) >= 11 is 12.3. The number of nitrogens with zero attached hydrogens (tertiary/aromatic N) is 1. The number of ether oxygens (including phenoxy) is 2. The first-order valence-electron chi connectivity index (χ1n) is 15.4. The number of nitrogens with one attached hydrogen (secondary N) is 1. The number of hydrogen-bond donors (Lipinski definition) is 1. The van der Waals surface area contributed by atoms with Gasteiger partial charge >= 0.3 is 5.97 Å². The summed E-state index contributed by atoms with van der Waals surface area (Å²) < 4.78 is 13.3. The molecule has 4 atom stereocenters. The Bertz CT molecular complexity index is 1310. The number of amides is 1. The van der Waals surface area contributed by atoms with E-state index >= 15 is 0 Å². The molecular formula is C34H45Cl2N2O4+. The molecular weight excluding hydrogens is 571 g/mol. The Kier molecular flexibility index (Phi) is 9.30. The molecule has 228 valence electrons. The predicted octanol–water partition coefficient (Wildman–Crippen LogP) is 6.74. The Balaban J connectivity index is 1.46. The van der Waals surface area contributed by atoms with E-state index in [0.717, 1.165) is 66.8 Å². The molecule has 5 rings (SSSR count). The molecule has 1 unspecified atom stereocenters. The van der Waals surface area contributed by atoms with Gasteiger partial charge in [0.2, 0.25) is 5.91 Å². The molecule has 1 N–H and O–H groups in total. The summed E-state index contributed by atoms with van der Waals surface area (Å²) in [5, 5.41) is 4.28. The van der Waals surface area contributed by atoms with Crippen LogP contribution in [0.15, 0.2) is 42.5 Å². The van der Waals surface area contributed by atoms with Gasteiger partial charge < -0.3 is 19.3 Å². The number of carbonyl (C=O) groups excluding carboxylic acids is 2. The fraction of sp³-hybridized carbons (Fsp3) is 0.588. The van der Waals surface area contributed by atoms with Gasteiger partial charge in [-0.15, -0.1) is 0 Å². The van der Waals surface area contributed by atoms with Crippen molar-refractivity contribution in [3.8, 4) is 5.75 Å². The number of fused-ring (bicyclic) bond motifs is 1. The van der Waals surface area contributed by atoms with Gasteiger partial charge in [-0.05, 0) is 67.5 Å². The molecule has 3 fully saturated rings. The number of halogens is 2. The van der Waals surface area contributed by atoms with E-state index in [4.69, 9.17) is 32.7 Å². The fourth-order valence-electron chi connectivity index (χ4n) is 8.12. The van der Waals surface area contributed by atoms with E-state index in [1.54, 1.807) is 12.1 Å². The zero-order valence-corrected chi connectivity index (χ0v) is 26.9. The van der Waals surface area contributed by atoms with Crippen LogP contribution in [0.3, 0.4) is 0 Å². The molecule has 1 aliphatic heterocycles. The van der Waals surface area contributed by atoms with Crippen molar-refractivity contribution in [2.24, 2.45) is 11.8 Å². The second-order valence-electron chi connectivity index (χ2n) is 13.5. The van der Waals surface area contributed by atoms with E-state index in [-0.39, 0.29) is 29.8 Å². The van der Waals surface area contributed by atoms with Crippen LogP contribution in [0.1, 0.15) is 70.4 Å².